The summed E-state index contributed by atoms with van der Waals surface area (Å²) < 4.78 is 5.86. The summed E-state index contributed by atoms with van der Waals surface area (Å²) in [6, 6.07) is 6.44. The Kier molecular flexibility index (Phi) is 4.01. The first kappa shape index (κ1) is 12.9. The van der Waals surface area contributed by atoms with Crippen LogP contribution in [0.3, 0.4) is 0 Å². The fourth-order valence-electron chi connectivity index (χ4n) is 2.51. The van der Waals surface area contributed by atoms with Crippen LogP contribution in [0.25, 0.3) is 0 Å². The molecule has 2 aromatic heterocycles. The van der Waals surface area contributed by atoms with Crippen molar-refractivity contribution in [2.45, 2.75) is 33.0 Å². The van der Waals surface area contributed by atoms with Crippen molar-refractivity contribution in [2.24, 2.45) is 0 Å². The van der Waals surface area contributed by atoms with E-state index in [9.17, 15) is 0 Å². The Morgan fingerprint density at radius 3 is 3.11 bits per heavy atom. The lowest BCUT2D eigenvalue weighted by atomic mass is 10.1. The van der Waals surface area contributed by atoms with E-state index in [0.717, 1.165) is 44.2 Å². The van der Waals surface area contributed by atoms with Crippen LogP contribution in [0.15, 0.2) is 28.0 Å². The van der Waals surface area contributed by atoms with Gasteiger partial charge in [0.2, 0.25) is 0 Å². The molecule has 2 aromatic rings. The van der Waals surface area contributed by atoms with Gasteiger partial charge in [-0.25, -0.2) is 0 Å². The Balaban J connectivity index is 1.58. The maximum atomic E-state index is 5.86. The maximum Gasteiger partial charge on any atom is 0.118 e. The molecular formula is C15H20N2OS. The van der Waals surface area contributed by atoms with Gasteiger partial charge in [-0.15, -0.1) is 11.3 Å². The quantitative estimate of drug-likeness (QED) is 0.910. The summed E-state index contributed by atoms with van der Waals surface area (Å²) >= 11 is 1.89. The van der Waals surface area contributed by atoms with E-state index in [1.807, 2.05) is 11.3 Å². The second-order valence-electron chi connectivity index (χ2n) is 4.98. The minimum Gasteiger partial charge on any atom is -0.463 e. The standard InChI is InChI=1S/C15H20N2OS/c1-2-16-9-13-3-4-14(18-13)11-17-7-5-15-12(10-17)6-8-19-15/h3-4,6,8,16H,2,5,7,9-11H2,1H3. The molecule has 102 valence electrons. The average molecular weight is 276 g/mol. The van der Waals surface area contributed by atoms with Crippen molar-refractivity contribution >= 4 is 11.3 Å². The van der Waals surface area contributed by atoms with Crippen LogP contribution in [0.1, 0.15) is 28.9 Å². The normalized spacial score (nSPS) is 15.6. The summed E-state index contributed by atoms with van der Waals surface area (Å²) in [6.07, 6.45) is 1.18. The molecule has 0 saturated carbocycles. The molecule has 0 radical (unpaired) electrons. The molecule has 3 heterocycles. The minimum absolute atomic E-state index is 0.825. The fourth-order valence-corrected chi connectivity index (χ4v) is 3.40. The van der Waals surface area contributed by atoms with E-state index >= 15 is 0 Å². The van der Waals surface area contributed by atoms with Gasteiger partial charge in [-0.1, -0.05) is 6.92 Å². The van der Waals surface area contributed by atoms with Gasteiger partial charge in [0, 0.05) is 18.0 Å². The third-order valence-electron chi connectivity index (χ3n) is 3.53. The van der Waals surface area contributed by atoms with E-state index in [2.05, 4.69) is 40.7 Å². The zero-order chi connectivity index (χ0) is 13.1. The number of furan rings is 1. The average Bonchev–Trinajstić information content (AvgIpc) is 3.05. The minimum atomic E-state index is 0.825. The molecule has 3 nitrogen and oxygen atoms in total. The van der Waals surface area contributed by atoms with Gasteiger partial charge in [-0.2, -0.15) is 0 Å². The fraction of sp³-hybridized carbons (Fsp3) is 0.467. The molecule has 0 saturated heterocycles. The first-order valence-electron chi connectivity index (χ1n) is 6.91. The molecule has 1 aliphatic heterocycles. The zero-order valence-electron chi connectivity index (χ0n) is 11.3. The van der Waals surface area contributed by atoms with Crippen molar-refractivity contribution in [1.82, 2.24) is 10.2 Å². The topological polar surface area (TPSA) is 28.4 Å². The van der Waals surface area contributed by atoms with Gasteiger partial charge < -0.3 is 9.73 Å². The maximum absolute atomic E-state index is 5.86. The molecule has 0 bridgehead atoms. The van der Waals surface area contributed by atoms with E-state index in [1.165, 1.54) is 12.0 Å². The lowest BCUT2D eigenvalue weighted by Gasteiger charge is -2.25. The Bertz CT molecular complexity index is 532. The monoisotopic (exact) mass is 276 g/mol. The van der Waals surface area contributed by atoms with Gasteiger partial charge in [-0.05, 0) is 42.1 Å². The molecule has 0 unspecified atom stereocenters. The predicted octanol–water partition coefficient (Wildman–Crippen LogP) is 3.01. The number of thiophene rings is 1. The summed E-state index contributed by atoms with van der Waals surface area (Å²) in [4.78, 5) is 4.02. The zero-order valence-corrected chi connectivity index (χ0v) is 12.1. The largest absolute Gasteiger partial charge is 0.463 e. The number of nitrogens with zero attached hydrogens (tertiary/aromatic N) is 1. The molecule has 19 heavy (non-hydrogen) atoms. The van der Waals surface area contributed by atoms with E-state index < -0.39 is 0 Å². The van der Waals surface area contributed by atoms with Gasteiger partial charge in [-0.3, -0.25) is 4.90 Å². The number of nitrogens with one attached hydrogen (secondary N) is 1. The Morgan fingerprint density at radius 1 is 1.32 bits per heavy atom. The number of hydrogen-bond donors (Lipinski definition) is 1. The predicted molar refractivity (Wildman–Crippen MR) is 78.2 cm³/mol. The molecule has 0 spiro atoms. The Labute approximate surface area is 118 Å². The SMILES string of the molecule is CCNCc1ccc(CN2CCc3sccc3C2)o1. The molecule has 0 aliphatic carbocycles. The molecule has 1 N–H and O–H groups in total. The highest BCUT2D eigenvalue weighted by atomic mass is 32.1. The van der Waals surface area contributed by atoms with Crippen LogP contribution in [0, 0.1) is 0 Å². The van der Waals surface area contributed by atoms with Gasteiger partial charge >= 0.3 is 0 Å². The number of fused-ring (bicyclic) bond motifs is 1. The first-order chi connectivity index (χ1) is 9.35. The summed E-state index contributed by atoms with van der Waals surface area (Å²) in [6.45, 7) is 7.02. The van der Waals surface area contributed by atoms with Crippen molar-refractivity contribution in [2.75, 3.05) is 13.1 Å². The molecule has 0 atom stereocenters. The third-order valence-corrected chi connectivity index (χ3v) is 4.56. The second kappa shape index (κ2) is 5.90. The van der Waals surface area contributed by atoms with Crippen molar-refractivity contribution < 1.29 is 4.42 Å². The summed E-state index contributed by atoms with van der Waals surface area (Å²) in [5.74, 6) is 2.11. The van der Waals surface area contributed by atoms with Crippen molar-refractivity contribution in [3.05, 3.63) is 45.5 Å². The first-order valence-corrected chi connectivity index (χ1v) is 7.79. The smallest absolute Gasteiger partial charge is 0.118 e. The van der Waals surface area contributed by atoms with Gasteiger partial charge in [0.05, 0.1) is 13.1 Å². The summed E-state index contributed by atoms with van der Waals surface area (Å²) in [5, 5.41) is 5.49. The van der Waals surface area contributed by atoms with Crippen LogP contribution in [0.5, 0.6) is 0 Å². The van der Waals surface area contributed by atoms with Crippen molar-refractivity contribution in [3.63, 3.8) is 0 Å². The van der Waals surface area contributed by atoms with Crippen LogP contribution in [0.2, 0.25) is 0 Å². The third kappa shape index (κ3) is 3.08. The highest BCUT2D eigenvalue weighted by Crippen LogP contribution is 2.25. The molecule has 4 heteroatoms. The highest BCUT2D eigenvalue weighted by Gasteiger charge is 2.18. The van der Waals surface area contributed by atoms with E-state index in [1.54, 1.807) is 4.88 Å². The van der Waals surface area contributed by atoms with Gasteiger partial charge in [0.15, 0.2) is 0 Å². The number of rotatable bonds is 5. The van der Waals surface area contributed by atoms with Crippen LogP contribution < -0.4 is 5.32 Å². The van der Waals surface area contributed by atoms with Crippen molar-refractivity contribution in [1.29, 1.82) is 0 Å². The molecule has 0 amide bonds. The van der Waals surface area contributed by atoms with Crippen LogP contribution >= 0.6 is 11.3 Å². The van der Waals surface area contributed by atoms with Gasteiger partial charge in [0.1, 0.15) is 11.5 Å². The van der Waals surface area contributed by atoms with Crippen LogP contribution in [0.4, 0.5) is 0 Å². The van der Waals surface area contributed by atoms with Crippen LogP contribution in [-0.2, 0) is 26.1 Å². The molecular weight excluding hydrogens is 256 g/mol. The Morgan fingerprint density at radius 2 is 2.21 bits per heavy atom. The molecule has 3 rings (SSSR count). The lowest BCUT2D eigenvalue weighted by Crippen LogP contribution is -2.28. The second-order valence-corrected chi connectivity index (χ2v) is 5.98. The van der Waals surface area contributed by atoms with E-state index in [0.29, 0.717) is 0 Å². The lowest BCUT2D eigenvalue weighted by molar-refractivity contribution is 0.225. The Hall–Kier alpha value is -1.10. The van der Waals surface area contributed by atoms with E-state index in [4.69, 9.17) is 4.42 Å². The van der Waals surface area contributed by atoms with Crippen LogP contribution in [-0.4, -0.2) is 18.0 Å². The summed E-state index contributed by atoms with van der Waals surface area (Å²) in [5.41, 5.74) is 1.50. The number of hydrogen-bond acceptors (Lipinski definition) is 4. The highest BCUT2D eigenvalue weighted by molar-refractivity contribution is 7.10. The van der Waals surface area contributed by atoms with Crippen molar-refractivity contribution in [3.8, 4) is 0 Å². The van der Waals surface area contributed by atoms with Gasteiger partial charge in [0.25, 0.3) is 0 Å². The van der Waals surface area contributed by atoms with E-state index in [-0.39, 0.29) is 0 Å². The molecule has 1 aliphatic rings. The molecule has 0 aromatic carbocycles. The molecule has 0 fully saturated rings. The summed E-state index contributed by atoms with van der Waals surface area (Å²) in [7, 11) is 0.